The van der Waals surface area contributed by atoms with E-state index in [1.54, 1.807) is 26.4 Å². The Hall–Kier alpha value is -2.20. The zero-order chi connectivity index (χ0) is 16.8. The van der Waals surface area contributed by atoms with E-state index in [1.165, 1.54) is 0 Å². The molecule has 4 nitrogen and oxygen atoms in total. The second kappa shape index (κ2) is 7.88. The van der Waals surface area contributed by atoms with Gasteiger partial charge in [-0.2, -0.15) is 0 Å². The number of rotatable bonds is 6. The number of hydrogen-bond donors (Lipinski definition) is 1. The first-order chi connectivity index (χ1) is 11.0. The highest BCUT2D eigenvalue weighted by Crippen LogP contribution is 2.32. The molecule has 0 spiro atoms. The average molecular weight is 334 g/mol. The molecule has 1 atom stereocenters. The van der Waals surface area contributed by atoms with E-state index in [2.05, 4.69) is 5.32 Å². The van der Waals surface area contributed by atoms with Crippen LogP contribution < -0.4 is 14.8 Å². The van der Waals surface area contributed by atoms with E-state index in [0.29, 0.717) is 22.9 Å². The van der Waals surface area contributed by atoms with Gasteiger partial charge in [-0.25, -0.2) is 0 Å². The van der Waals surface area contributed by atoms with Crippen LogP contribution in [0.1, 0.15) is 24.8 Å². The molecular formula is C18H20ClNO3. The van der Waals surface area contributed by atoms with Gasteiger partial charge in [-0.1, -0.05) is 36.7 Å². The number of halogens is 1. The molecule has 2 aromatic carbocycles. The third kappa shape index (κ3) is 4.39. The Labute approximate surface area is 141 Å². The summed E-state index contributed by atoms with van der Waals surface area (Å²) in [5.74, 6) is 1.34. The summed E-state index contributed by atoms with van der Waals surface area (Å²) in [7, 11) is 3.21. The van der Waals surface area contributed by atoms with E-state index in [4.69, 9.17) is 21.1 Å². The van der Waals surface area contributed by atoms with Crippen LogP contribution in [0.15, 0.2) is 42.5 Å². The van der Waals surface area contributed by atoms with E-state index in [9.17, 15) is 4.79 Å². The molecular weight excluding hydrogens is 314 g/mol. The molecule has 0 radical (unpaired) electrons. The number of benzene rings is 2. The zero-order valence-corrected chi connectivity index (χ0v) is 14.2. The molecule has 0 fully saturated rings. The SMILES string of the molecule is COc1ccc(C(C)CC(=O)Nc2ccccc2Cl)c(OC)c1. The highest BCUT2D eigenvalue weighted by atomic mass is 35.5. The topological polar surface area (TPSA) is 47.6 Å². The van der Waals surface area contributed by atoms with E-state index >= 15 is 0 Å². The van der Waals surface area contributed by atoms with Crippen LogP contribution in [-0.4, -0.2) is 20.1 Å². The highest BCUT2D eigenvalue weighted by Gasteiger charge is 2.16. The lowest BCUT2D eigenvalue weighted by molar-refractivity contribution is -0.116. The van der Waals surface area contributed by atoms with Crippen LogP contribution in [0.4, 0.5) is 5.69 Å². The van der Waals surface area contributed by atoms with E-state index in [1.807, 2.05) is 37.3 Å². The molecule has 1 amide bonds. The molecule has 0 aliphatic carbocycles. The van der Waals surface area contributed by atoms with Crippen molar-refractivity contribution in [3.63, 3.8) is 0 Å². The Bertz CT molecular complexity index is 688. The summed E-state index contributed by atoms with van der Waals surface area (Å²) >= 11 is 6.05. The van der Waals surface area contributed by atoms with Gasteiger partial charge in [0.2, 0.25) is 5.91 Å². The van der Waals surface area contributed by atoms with E-state index in [0.717, 1.165) is 11.3 Å². The zero-order valence-electron chi connectivity index (χ0n) is 13.4. The second-order valence-electron chi connectivity index (χ2n) is 5.24. The third-order valence-corrected chi connectivity index (χ3v) is 3.94. The maximum absolute atomic E-state index is 12.2. The van der Waals surface area contributed by atoms with Gasteiger partial charge in [0.05, 0.1) is 24.9 Å². The Morgan fingerprint density at radius 1 is 1.17 bits per heavy atom. The average Bonchev–Trinajstić information content (AvgIpc) is 2.56. The predicted molar refractivity (Wildman–Crippen MR) is 92.7 cm³/mol. The fourth-order valence-corrected chi connectivity index (χ4v) is 2.56. The van der Waals surface area contributed by atoms with Crippen molar-refractivity contribution in [3.8, 4) is 11.5 Å². The minimum absolute atomic E-state index is 0.00153. The van der Waals surface area contributed by atoms with Gasteiger partial charge in [0, 0.05) is 12.5 Å². The third-order valence-electron chi connectivity index (χ3n) is 3.61. The lowest BCUT2D eigenvalue weighted by Crippen LogP contribution is -2.15. The van der Waals surface area contributed by atoms with Crippen molar-refractivity contribution in [2.24, 2.45) is 0 Å². The van der Waals surface area contributed by atoms with Crippen LogP contribution in [-0.2, 0) is 4.79 Å². The Morgan fingerprint density at radius 3 is 2.57 bits per heavy atom. The second-order valence-corrected chi connectivity index (χ2v) is 5.65. The van der Waals surface area contributed by atoms with E-state index < -0.39 is 0 Å². The Balaban J connectivity index is 2.08. The fourth-order valence-electron chi connectivity index (χ4n) is 2.38. The largest absolute Gasteiger partial charge is 0.497 e. The minimum atomic E-state index is -0.0940. The molecule has 0 aliphatic heterocycles. The van der Waals surface area contributed by atoms with Gasteiger partial charge in [0.15, 0.2) is 0 Å². The van der Waals surface area contributed by atoms with Gasteiger partial charge in [-0.05, 0) is 29.7 Å². The first-order valence-electron chi connectivity index (χ1n) is 7.31. The van der Waals surface area contributed by atoms with Crippen LogP contribution in [0.2, 0.25) is 5.02 Å². The molecule has 23 heavy (non-hydrogen) atoms. The van der Waals surface area contributed by atoms with Gasteiger partial charge in [0.25, 0.3) is 0 Å². The van der Waals surface area contributed by atoms with Gasteiger partial charge in [0.1, 0.15) is 11.5 Å². The van der Waals surface area contributed by atoms with Crippen LogP contribution in [0.3, 0.4) is 0 Å². The molecule has 2 aromatic rings. The molecule has 1 N–H and O–H groups in total. The highest BCUT2D eigenvalue weighted by molar-refractivity contribution is 6.33. The van der Waals surface area contributed by atoms with Crippen molar-refractivity contribution < 1.29 is 14.3 Å². The Morgan fingerprint density at radius 2 is 1.91 bits per heavy atom. The molecule has 1 unspecified atom stereocenters. The summed E-state index contributed by atoms with van der Waals surface area (Å²) in [4.78, 5) is 12.2. The van der Waals surface area contributed by atoms with Crippen molar-refractivity contribution in [1.82, 2.24) is 0 Å². The van der Waals surface area contributed by atoms with Crippen LogP contribution in [0.5, 0.6) is 11.5 Å². The maximum Gasteiger partial charge on any atom is 0.225 e. The smallest absolute Gasteiger partial charge is 0.225 e. The monoisotopic (exact) mass is 333 g/mol. The number of para-hydroxylation sites is 1. The van der Waals surface area contributed by atoms with Crippen molar-refractivity contribution in [1.29, 1.82) is 0 Å². The molecule has 122 valence electrons. The van der Waals surface area contributed by atoms with Crippen molar-refractivity contribution >= 4 is 23.2 Å². The maximum atomic E-state index is 12.2. The summed E-state index contributed by atoms with van der Waals surface area (Å²) in [6.07, 6.45) is 0.327. The number of methoxy groups -OCH3 is 2. The first-order valence-corrected chi connectivity index (χ1v) is 7.69. The molecule has 2 rings (SSSR count). The van der Waals surface area contributed by atoms with Gasteiger partial charge in [-0.15, -0.1) is 0 Å². The number of hydrogen-bond acceptors (Lipinski definition) is 3. The van der Waals surface area contributed by atoms with Gasteiger partial charge < -0.3 is 14.8 Å². The summed E-state index contributed by atoms with van der Waals surface area (Å²) < 4.78 is 10.6. The molecule has 0 aliphatic rings. The number of carbonyl (C=O) groups is 1. The number of carbonyl (C=O) groups excluding carboxylic acids is 1. The van der Waals surface area contributed by atoms with Gasteiger partial charge in [-0.3, -0.25) is 4.79 Å². The normalized spacial score (nSPS) is 11.7. The summed E-state index contributed by atoms with van der Waals surface area (Å²) in [5, 5.41) is 3.36. The van der Waals surface area contributed by atoms with Crippen LogP contribution in [0.25, 0.3) is 0 Å². The molecule has 0 saturated heterocycles. The number of ether oxygens (including phenoxy) is 2. The molecule has 0 aromatic heterocycles. The van der Waals surface area contributed by atoms with Crippen molar-refractivity contribution in [2.45, 2.75) is 19.3 Å². The van der Waals surface area contributed by atoms with Crippen LogP contribution in [0, 0.1) is 0 Å². The van der Waals surface area contributed by atoms with Gasteiger partial charge >= 0.3 is 0 Å². The quantitative estimate of drug-likeness (QED) is 0.847. The summed E-state index contributed by atoms with van der Waals surface area (Å²) in [6, 6.07) is 12.8. The Kier molecular flexibility index (Phi) is 5.88. The number of amides is 1. The molecule has 0 saturated carbocycles. The number of nitrogens with one attached hydrogen (secondary N) is 1. The number of anilines is 1. The predicted octanol–water partition coefficient (Wildman–Crippen LogP) is 4.49. The molecule has 0 heterocycles. The molecule has 0 bridgehead atoms. The molecule has 5 heteroatoms. The standard InChI is InChI=1S/C18H20ClNO3/c1-12(14-9-8-13(22-2)11-17(14)23-3)10-18(21)20-16-7-5-4-6-15(16)19/h4-9,11-12H,10H2,1-3H3,(H,20,21). The summed E-state index contributed by atoms with van der Waals surface area (Å²) in [6.45, 7) is 1.98. The summed E-state index contributed by atoms with van der Waals surface area (Å²) in [5.41, 5.74) is 1.58. The fraction of sp³-hybridized carbons (Fsp3) is 0.278. The lowest BCUT2D eigenvalue weighted by atomic mass is 9.96. The first kappa shape index (κ1) is 17.2. The van der Waals surface area contributed by atoms with Crippen molar-refractivity contribution in [3.05, 3.63) is 53.1 Å². The minimum Gasteiger partial charge on any atom is -0.497 e. The van der Waals surface area contributed by atoms with Crippen molar-refractivity contribution in [2.75, 3.05) is 19.5 Å². The lowest BCUT2D eigenvalue weighted by Gasteiger charge is -2.16. The van der Waals surface area contributed by atoms with Crippen LogP contribution >= 0.6 is 11.6 Å². The van der Waals surface area contributed by atoms with E-state index in [-0.39, 0.29) is 11.8 Å².